The molecular weight excluding hydrogens is 446 g/mol. The van der Waals surface area contributed by atoms with Crippen LogP contribution >= 0.6 is 0 Å². The summed E-state index contributed by atoms with van der Waals surface area (Å²) in [6, 6.07) is 14.7. The molecule has 35 heavy (non-hydrogen) atoms. The normalized spacial score (nSPS) is 21.9. The van der Waals surface area contributed by atoms with Crippen molar-refractivity contribution in [2.24, 2.45) is 10.8 Å². The number of alkyl halides is 2. The van der Waals surface area contributed by atoms with Crippen LogP contribution in [0, 0.1) is 10.8 Å². The fourth-order valence-electron chi connectivity index (χ4n) is 7.02. The van der Waals surface area contributed by atoms with Gasteiger partial charge in [-0.2, -0.15) is 8.78 Å². The first kappa shape index (κ1) is 23.9. The molecule has 0 saturated heterocycles. The van der Waals surface area contributed by atoms with E-state index in [2.05, 4.69) is 27.7 Å². The molecule has 1 aliphatic heterocycles. The number of nitrogens with zero attached hydrogens (tertiary/aromatic N) is 2. The van der Waals surface area contributed by atoms with Crippen molar-refractivity contribution in [2.75, 3.05) is 23.9 Å². The Kier molecular flexibility index (Phi) is 4.99. The molecule has 0 spiro atoms. The molecular formula is C29H34F2N2O2. The van der Waals surface area contributed by atoms with Crippen LogP contribution in [-0.2, 0) is 5.60 Å². The molecule has 2 aliphatic rings. The highest BCUT2D eigenvalue weighted by atomic mass is 19.3. The number of aliphatic hydroxyl groups is 1. The summed E-state index contributed by atoms with van der Waals surface area (Å²) in [5.41, 5.74) is 1.63. The Morgan fingerprint density at radius 1 is 0.771 bits per heavy atom. The van der Waals surface area contributed by atoms with Crippen LogP contribution in [0.1, 0.15) is 52.5 Å². The predicted molar refractivity (Wildman–Crippen MR) is 138 cm³/mol. The summed E-state index contributed by atoms with van der Waals surface area (Å²) in [4.78, 5) is 1.89. The van der Waals surface area contributed by atoms with Gasteiger partial charge in [0.2, 0.25) is 0 Å². The average molecular weight is 481 g/mol. The van der Waals surface area contributed by atoms with E-state index in [4.69, 9.17) is 0 Å². The molecule has 186 valence electrons. The minimum absolute atomic E-state index is 0.0154. The van der Waals surface area contributed by atoms with Crippen LogP contribution in [0.15, 0.2) is 48.5 Å². The molecule has 0 amide bonds. The second-order valence-electron chi connectivity index (χ2n) is 12.1. The van der Waals surface area contributed by atoms with Gasteiger partial charge in [0.25, 0.3) is 0 Å². The van der Waals surface area contributed by atoms with Crippen LogP contribution in [0.5, 0.6) is 5.75 Å². The minimum atomic E-state index is -3.18. The standard InChI is InChI=1S/C29H34F2N2O2/c1-26(2)15-27(3,4)17-28(35,16-26)21-14-24(34)19-12-22-23(33(6)29(30,31)32(22)5)13-20(19)25(21)18-10-8-7-9-11-18/h7-14,34-35H,15-17H2,1-6H3. The predicted octanol–water partition coefficient (Wildman–Crippen LogP) is 7.07. The van der Waals surface area contributed by atoms with E-state index < -0.39 is 11.8 Å². The number of aromatic hydroxyl groups is 1. The second kappa shape index (κ2) is 7.33. The summed E-state index contributed by atoms with van der Waals surface area (Å²) in [5, 5.41) is 24.6. The first-order valence-electron chi connectivity index (χ1n) is 12.1. The van der Waals surface area contributed by atoms with Crippen LogP contribution in [0.2, 0.25) is 0 Å². The number of benzene rings is 3. The average Bonchev–Trinajstić information content (AvgIpc) is 2.90. The van der Waals surface area contributed by atoms with E-state index in [1.165, 1.54) is 14.1 Å². The Labute approximate surface area is 205 Å². The molecule has 0 unspecified atom stereocenters. The molecule has 4 nitrogen and oxygen atoms in total. The molecule has 0 atom stereocenters. The molecule has 1 aliphatic carbocycles. The van der Waals surface area contributed by atoms with E-state index in [9.17, 15) is 19.0 Å². The summed E-state index contributed by atoms with van der Waals surface area (Å²) in [7, 11) is 2.73. The van der Waals surface area contributed by atoms with E-state index >= 15 is 0 Å². The van der Waals surface area contributed by atoms with Crippen molar-refractivity contribution >= 4 is 22.1 Å². The Balaban J connectivity index is 1.86. The van der Waals surface area contributed by atoms with Crippen LogP contribution in [0.4, 0.5) is 20.2 Å². The van der Waals surface area contributed by atoms with E-state index in [0.717, 1.165) is 27.3 Å². The Bertz CT molecular complexity index is 1300. The fourth-order valence-corrected chi connectivity index (χ4v) is 7.02. The van der Waals surface area contributed by atoms with Gasteiger partial charge in [0, 0.05) is 19.5 Å². The maximum absolute atomic E-state index is 14.9. The van der Waals surface area contributed by atoms with Crippen molar-refractivity contribution in [1.29, 1.82) is 0 Å². The largest absolute Gasteiger partial charge is 0.507 e. The monoisotopic (exact) mass is 480 g/mol. The van der Waals surface area contributed by atoms with Gasteiger partial charge in [0.1, 0.15) is 5.75 Å². The highest BCUT2D eigenvalue weighted by Gasteiger charge is 2.50. The van der Waals surface area contributed by atoms with Gasteiger partial charge in [0.15, 0.2) is 0 Å². The molecule has 0 aromatic heterocycles. The quantitative estimate of drug-likeness (QED) is 0.385. The van der Waals surface area contributed by atoms with Crippen LogP contribution in [0.25, 0.3) is 21.9 Å². The van der Waals surface area contributed by atoms with Gasteiger partial charge in [-0.3, -0.25) is 9.80 Å². The molecule has 5 rings (SSSR count). The molecule has 3 aromatic rings. The molecule has 0 radical (unpaired) electrons. The number of phenols is 1. The zero-order valence-corrected chi connectivity index (χ0v) is 21.3. The zero-order valence-electron chi connectivity index (χ0n) is 21.3. The third kappa shape index (κ3) is 3.65. The molecule has 0 bridgehead atoms. The topological polar surface area (TPSA) is 46.9 Å². The molecule has 1 heterocycles. The van der Waals surface area contributed by atoms with Gasteiger partial charge in [0.05, 0.1) is 17.0 Å². The number of hydrogen-bond acceptors (Lipinski definition) is 4. The Morgan fingerprint density at radius 3 is 1.83 bits per heavy atom. The maximum Gasteiger partial charge on any atom is 0.413 e. The van der Waals surface area contributed by atoms with Crippen molar-refractivity contribution in [2.45, 2.75) is 58.7 Å². The van der Waals surface area contributed by atoms with Gasteiger partial charge in [-0.1, -0.05) is 58.0 Å². The number of rotatable bonds is 2. The maximum atomic E-state index is 14.9. The third-order valence-electron chi connectivity index (χ3n) is 7.80. The van der Waals surface area contributed by atoms with Crippen LogP contribution in [-0.4, -0.2) is 30.5 Å². The van der Waals surface area contributed by atoms with E-state index in [1.807, 2.05) is 30.3 Å². The summed E-state index contributed by atoms with van der Waals surface area (Å²) < 4.78 is 29.7. The number of hydrogen-bond donors (Lipinski definition) is 2. The van der Waals surface area contributed by atoms with Crippen LogP contribution < -0.4 is 9.80 Å². The van der Waals surface area contributed by atoms with Gasteiger partial charge in [-0.25, -0.2) is 0 Å². The number of fused-ring (bicyclic) bond motifs is 2. The highest BCUT2D eigenvalue weighted by Crippen LogP contribution is 2.57. The summed E-state index contributed by atoms with van der Waals surface area (Å²) in [5.74, 6) is -0.0154. The highest BCUT2D eigenvalue weighted by molar-refractivity contribution is 6.07. The molecule has 2 N–H and O–H groups in total. The van der Waals surface area contributed by atoms with E-state index in [-0.39, 0.29) is 16.6 Å². The molecule has 1 fully saturated rings. The minimum Gasteiger partial charge on any atom is -0.507 e. The van der Waals surface area contributed by atoms with Gasteiger partial charge < -0.3 is 10.2 Å². The molecule has 6 heteroatoms. The number of phenolic OH excluding ortho intramolecular Hbond substituents is 1. The molecule has 3 aromatic carbocycles. The SMILES string of the molecule is CN1c2cc3c(O)cc(C4(O)CC(C)(C)CC(C)(C)C4)c(-c4ccccc4)c3cc2N(C)C1(F)F. The Hall–Kier alpha value is -2.86. The van der Waals surface area contributed by atoms with Gasteiger partial charge >= 0.3 is 6.17 Å². The van der Waals surface area contributed by atoms with E-state index in [1.54, 1.807) is 18.2 Å². The van der Waals surface area contributed by atoms with Crippen molar-refractivity contribution in [1.82, 2.24) is 0 Å². The van der Waals surface area contributed by atoms with Crippen molar-refractivity contribution in [3.63, 3.8) is 0 Å². The van der Waals surface area contributed by atoms with Crippen LogP contribution in [0.3, 0.4) is 0 Å². The number of halogens is 2. The lowest BCUT2D eigenvalue weighted by Crippen LogP contribution is -2.46. The van der Waals surface area contributed by atoms with Crippen molar-refractivity contribution in [3.8, 4) is 16.9 Å². The third-order valence-corrected chi connectivity index (χ3v) is 7.80. The zero-order chi connectivity index (χ0) is 25.6. The second-order valence-corrected chi connectivity index (χ2v) is 12.1. The molecule has 1 saturated carbocycles. The smallest absolute Gasteiger partial charge is 0.413 e. The summed E-state index contributed by atoms with van der Waals surface area (Å²) in [6.07, 6.45) is -1.12. The van der Waals surface area contributed by atoms with Crippen molar-refractivity contribution < 1.29 is 19.0 Å². The van der Waals surface area contributed by atoms with E-state index in [0.29, 0.717) is 40.6 Å². The fraction of sp³-hybridized carbons (Fsp3) is 0.448. The Morgan fingerprint density at radius 2 is 1.29 bits per heavy atom. The number of anilines is 2. The first-order chi connectivity index (χ1) is 16.2. The lowest BCUT2D eigenvalue weighted by molar-refractivity contribution is -0.0909. The van der Waals surface area contributed by atoms with Crippen molar-refractivity contribution in [3.05, 3.63) is 54.1 Å². The summed E-state index contributed by atoms with van der Waals surface area (Å²) >= 11 is 0. The lowest BCUT2D eigenvalue weighted by Gasteiger charge is -2.50. The summed E-state index contributed by atoms with van der Waals surface area (Å²) in [6.45, 7) is 8.67. The first-order valence-corrected chi connectivity index (χ1v) is 12.1. The lowest BCUT2D eigenvalue weighted by atomic mass is 9.57. The van der Waals surface area contributed by atoms with Gasteiger partial charge in [-0.15, -0.1) is 0 Å². The van der Waals surface area contributed by atoms with Gasteiger partial charge in [-0.05, 0) is 70.4 Å².